The number of piperazine rings is 1. The summed E-state index contributed by atoms with van der Waals surface area (Å²) in [4.78, 5) is 20.1. The van der Waals surface area contributed by atoms with Gasteiger partial charge >= 0.3 is 6.18 Å². The lowest BCUT2D eigenvalue weighted by Gasteiger charge is -2.35. The Morgan fingerprint density at radius 2 is 1.91 bits per heavy atom. The van der Waals surface area contributed by atoms with Crippen LogP contribution in [0.25, 0.3) is 5.69 Å². The summed E-state index contributed by atoms with van der Waals surface area (Å²) < 4.78 is 40.3. The van der Waals surface area contributed by atoms with Gasteiger partial charge in [-0.3, -0.25) is 9.36 Å². The molecule has 33 heavy (non-hydrogen) atoms. The van der Waals surface area contributed by atoms with Crippen LogP contribution in [0.3, 0.4) is 0 Å². The van der Waals surface area contributed by atoms with Crippen molar-refractivity contribution in [2.24, 2.45) is 0 Å². The van der Waals surface area contributed by atoms with Gasteiger partial charge in [0.05, 0.1) is 22.0 Å². The predicted octanol–water partition coefficient (Wildman–Crippen LogP) is 4.08. The van der Waals surface area contributed by atoms with E-state index in [1.165, 1.54) is 11.8 Å². The standard InChI is InChI=1S/C21H20ClF3N6OS/c1-14-4-2-3-5-17(14)31-13-27-28-20(31)33-12-18(32)29-6-8-30(9-7-29)19-16(22)10-15(11-26-19)21(23,24)25/h2-5,10-11,13H,6-9,12H2,1H3. The van der Waals surface area contributed by atoms with Crippen LogP contribution in [0.2, 0.25) is 5.02 Å². The Hall–Kier alpha value is -2.79. The molecule has 0 unspecified atom stereocenters. The van der Waals surface area contributed by atoms with Crippen LogP contribution in [-0.4, -0.2) is 62.5 Å². The number of para-hydroxylation sites is 1. The van der Waals surface area contributed by atoms with Crippen LogP contribution in [0, 0.1) is 6.92 Å². The maximum absolute atomic E-state index is 12.8. The number of aryl methyl sites for hydroxylation is 1. The minimum absolute atomic E-state index is 0.0505. The van der Waals surface area contributed by atoms with Crippen LogP contribution in [0.1, 0.15) is 11.1 Å². The second-order valence-electron chi connectivity index (χ2n) is 7.45. The van der Waals surface area contributed by atoms with E-state index in [1.54, 1.807) is 16.1 Å². The van der Waals surface area contributed by atoms with E-state index in [4.69, 9.17) is 11.6 Å². The van der Waals surface area contributed by atoms with Crippen molar-refractivity contribution >= 4 is 35.1 Å². The van der Waals surface area contributed by atoms with E-state index in [0.717, 1.165) is 23.5 Å². The number of carbonyl (C=O) groups excluding carboxylic acids is 1. The van der Waals surface area contributed by atoms with Gasteiger partial charge in [-0.25, -0.2) is 4.98 Å². The highest BCUT2D eigenvalue weighted by molar-refractivity contribution is 7.99. The van der Waals surface area contributed by atoms with E-state index < -0.39 is 11.7 Å². The molecule has 1 saturated heterocycles. The quantitative estimate of drug-likeness (QED) is 0.496. The first-order chi connectivity index (χ1) is 15.7. The fourth-order valence-corrected chi connectivity index (χ4v) is 4.64. The highest BCUT2D eigenvalue weighted by Gasteiger charge is 2.32. The predicted molar refractivity (Wildman–Crippen MR) is 120 cm³/mol. The number of rotatable bonds is 5. The molecule has 0 spiro atoms. The zero-order valence-electron chi connectivity index (χ0n) is 17.6. The molecule has 1 fully saturated rings. The number of pyridine rings is 1. The minimum atomic E-state index is -4.50. The summed E-state index contributed by atoms with van der Waals surface area (Å²) in [6.07, 6.45) is -2.10. The highest BCUT2D eigenvalue weighted by atomic mass is 35.5. The Labute approximate surface area is 197 Å². The average molecular weight is 497 g/mol. The molecule has 1 aromatic carbocycles. The lowest BCUT2D eigenvalue weighted by molar-refractivity contribution is -0.137. The number of alkyl halides is 3. The molecule has 3 aromatic rings. The number of halogens is 4. The normalized spacial score (nSPS) is 14.6. The van der Waals surface area contributed by atoms with Gasteiger partial charge in [0.25, 0.3) is 0 Å². The first kappa shape index (κ1) is 23.4. The summed E-state index contributed by atoms with van der Waals surface area (Å²) in [7, 11) is 0. The minimum Gasteiger partial charge on any atom is -0.352 e. The summed E-state index contributed by atoms with van der Waals surface area (Å²) in [6.45, 7) is 3.68. The van der Waals surface area contributed by atoms with Gasteiger partial charge < -0.3 is 9.80 Å². The average Bonchev–Trinajstić information content (AvgIpc) is 3.25. The summed E-state index contributed by atoms with van der Waals surface area (Å²) in [6, 6.07) is 8.71. The molecular weight excluding hydrogens is 477 g/mol. The van der Waals surface area contributed by atoms with Crippen molar-refractivity contribution < 1.29 is 18.0 Å². The van der Waals surface area contributed by atoms with Crippen LogP contribution in [0.15, 0.2) is 48.0 Å². The third-order valence-electron chi connectivity index (χ3n) is 5.30. The largest absolute Gasteiger partial charge is 0.417 e. The van der Waals surface area contributed by atoms with E-state index >= 15 is 0 Å². The van der Waals surface area contributed by atoms with Gasteiger partial charge in [0.1, 0.15) is 12.1 Å². The molecule has 1 aliphatic heterocycles. The van der Waals surface area contributed by atoms with Gasteiger partial charge in [-0.2, -0.15) is 13.2 Å². The summed E-state index contributed by atoms with van der Waals surface area (Å²) in [5.74, 6) is 0.437. The number of nitrogens with zero attached hydrogens (tertiary/aromatic N) is 6. The van der Waals surface area contributed by atoms with Gasteiger partial charge in [-0.05, 0) is 24.6 Å². The van der Waals surface area contributed by atoms with E-state index in [-0.39, 0.29) is 22.5 Å². The first-order valence-corrected chi connectivity index (χ1v) is 11.4. The lowest BCUT2D eigenvalue weighted by Crippen LogP contribution is -2.49. The van der Waals surface area contributed by atoms with Gasteiger partial charge in [0, 0.05) is 32.4 Å². The van der Waals surface area contributed by atoms with Gasteiger partial charge in [-0.15, -0.1) is 10.2 Å². The Balaban J connectivity index is 1.34. The molecule has 1 amide bonds. The second-order valence-corrected chi connectivity index (χ2v) is 8.80. The lowest BCUT2D eigenvalue weighted by atomic mass is 10.2. The number of anilines is 1. The van der Waals surface area contributed by atoms with Crippen molar-refractivity contribution in [1.82, 2.24) is 24.6 Å². The van der Waals surface area contributed by atoms with Crippen molar-refractivity contribution in [2.45, 2.75) is 18.3 Å². The Morgan fingerprint density at radius 3 is 2.58 bits per heavy atom. The molecule has 7 nitrogen and oxygen atoms in total. The Morgan fingerprint density at radius 1 is 1.18 bits per heavy atom. The summed E-state index contributed by atoms with van der Waals surface area (Å²) >= 11 is 7.35. The van der Waals surface area contributed by atoms with Crippen molar-refractivity contribution in [3.05, 3.63) is 59.0 Å². The molecule has 4 rings (SSSR count). The summed E-state index contributed by atoms with van der Waals surface area (Å²) in [5, 5.41) is 8.67. The number of aromatic nitrogens is 4. The third kappa shape index (κ3) is 5.25. The smallest absolute Gasteiger partial charge is 0.352 e. The number of hydrogen-bond donors (Lipinski definition) is 0. The van der Waals surface area contributed by atoms with Crippen molar-refractivity contribution in [2.75, 3.05) is 36.8 Å². The van der Waals surface area contributed by atoms with Crippen LogP contribution < -0.4 is 4.90 Å². The van der Waals surface area contributed by atoms with E-state index in [9.17, 15) is 18.0 Å². The molecule has 0 atom stereocenters. The molecule has 0 saturated carbocycles. The third-order valence-corrected chi connectivity index (χ3v) is 6.50. The molecule has 0 aliphatic carbocycles. The first-order valence-electron chi connectivity index (χ1n) is 10.1. The van der Waals surface area contributed by atoms with Crippen molar-refractivity contribution in [3.63, 3.8) is 0 Å². The monoisotopic (exact) mass is 496 g/mol. The Kier molecular flexibility index (Phi) is 6.80. The van der Waals surface area contributed by atoms with E-state index in [1.807, 2.05) is 35.8 Å². The topological polar surface area (TPSA) is 67.2 Å². The zero-order chi connectivity index (χ0) is 23.6. The molecule has 174 valence electrons. The van der Waals surface area contributed by atoms with Crippen LogP contribution in [0.5, 0.6) is 0 Å². The van der Waals surface area contributed by atoms with Crippen LogP contribution in [0.4, 0.5) is 19.0 Å². The number of benzene rings is 1. The van der Waals surface area contributed by atoms with Gasteiger partial charge in [-0.1, -0.05) is 41.6 Å². The summed E-state index contributed by atoms with van der Waals surface area (Å²) in [5.41, 5.74) is 1.13. The molecule has 0 N–H and O–H groups in total. The van der Waals surface area contributed by atoms with Crippen molar-refractivity contribution in [3.8, 4) is 5.69 Å². The second kappa shape index (κ2) is 9.60. The van der Waals surface area contributed by atoms with E-state index in [0.29, 0.717) is 31.3 Å². The number of amides is 1. The zero-order valence-corrected chi connectivity index (χ0v) is 19.2. The molecule has 0 bridgehead atoms. The molecule has 1 aliphatic rings. The number of carbonyl (C=O) groups is 1. The maximum Gasteiger partial charge on any atom is 0.417 e. The van der Waals surface area contributed by atoms with Crippen LogP contribution >= 0.6 is 23.4 Å². The van der Waals surface area contributed by atoms with Gasteiger partial charge in [0.2, 0.25) is 5.91 Å². The molecular formula is C21H20ClF3N6OS. The number of hydrogen-bond acceptors (Lipinski definition) is 6. The number of thioether (sulfide) groups is 1. The highest BCUT2D eigenvalue weighted by Crippen LogP contribution is 2.33. The SMILES string of the molecule is Cc1ccccc1-n1cnnc1SCC(=O)N1CCN(c2ncc(C(F)(F)F)cc2Cl)CC1. The fraction of sp³-hybridized carbons (Fsp3) is 0.333. The van der Waals surface area contributed by atoms with Gasteiger partial charge in [0.15, 0.2) is 5.16 Å². The molecule has 3 heterocycles. The maximum atomic E-state index is 12.8. The van der Waals surface area contributed by atoms with Crippen molar-refractivity contribution in [1.29, 1.82) is 0 Å². The fourth-order valence-electron chi connectivity index (χ4n) is 3.53. The Bertz CT molecular complexity index is 1150. The molecule has 2 aromatic heterocycles. The van der Waals surface area contributed by atoms with Crippen LogP contribution in [-0.2, 0) is 11.0 Å². The molecule has 12 heteroatoms. The molecule has 0 radical (unpaired) electrons. The van der Waals surface area contributed by atoms with E-state index in [2.05, 4.69) is 15.2 Å².